The lowest BCUT2D eigenvalue weighted by Crippen LogP contribution is -2.23. The Morgan fingerprint density at radius 2 is 2.19 bits per heavy atom. The number of thiophene rings is 1. The van der Waals surface area contributed by atoms with Crippen molar-refractivity contribution in [1.82, 2.24) is 0 Å². The standard InChI is InChI=1S/C15H22N2O3S/c1-3-11-8-12(15(19)20-4-2)14(21-11)17-13(18)9-5-6-10(16)7-9/h8-10H,3-7,16H2,1-2H3,(H,17,18). The fraction of sp³-hybridized carbons (Fsp3) is 0.600. The summed E-state index contributed by atoms with van der Waals surface area (Å²) in [5.74, 6) is -0.480. The molecule has 6 heteroatoms. The molecule has 0 spiro atoms. The quantitative estimate of drug-likeness (QED) is 0.819. The van der Waals surface area contributed by atoms with Crippen LogP contribution in [0.4, 0.5) is 5.00 Å². The predicted octanol–water partition coefficient (Wildman–Crippen LogP) is 2.55. The number of nitrogens with one attached hydrogen (secondary N) is 1. The molecule has 1 aromatic rings. The molecule has 0 bridgehead atoms. The molecule has 116 valence electrons. The largest absolute Gasteiger partial charge is 0.462 e. The molecule has 5 nitrogen and oxygen atoms in total. The van der Waals surface area contributed by atoms with Crippen LogP contribution in [0.25, 0.3) is 0 Å². The van der Waals surface area contributed by atoms with Gasteiger partial charge in [-0.3, -0.25) is 4.79 Å². The first-order valence-corrected chi connectivity index (χ1v) is 8.23. The fourth-order valence-corrected chi connectivity index (χ4v) is 3.53. The van der Waals surface area contributed by atoms with Crippen molar-refractivity contribution >= 4 is 28.2 Å². The molecule has 1 aromatic heterocycles. The van der Waals surface area contributed by atoms with Gasteiger partial charge in [-0.05, 0) is 38.7 Å². The highest BCUT2D eigenvalue weighted by Gasteiger charge is 2.29. The summed E-state index contributed by atoms with van der Waals surface area (Å²) in [5, 5.41) is 3.48. The third-order valence-electron chi connectivity index (χ3n) is 3.71. The number of anilines is 1. The van der Waals surface area contributed by atoms with Crippen molar-refractivity contribution in [3.05, 3.63) is 16.5 Å². The van der Waals surface area contributed by atoms with Crippen LogP contribution < -0.4 is 11.1 Å². The Morgan fingerprint density at radius 3 is 2.76 bits per heavy atom. The molecule has 0 radical (unpaired) electrons. The van der Waals surface area contributed by atoms with E-state index in [4.69, 9.17) is 10.5 Å². The van der Waals surface area contributed by atoms with Crippen LogP contribution in [0.3, 0.4) is 0 Å². The highest BCUT2D eigenvalue weighted by atomic mass is 32.1. The molecule has 0 saturated heterocycles. The summed E-state index contributed by atoms with van der Waals surface area (Å²) in [6.07, 6.45) is 3.23. The summed E-state index contributed by atoms with van der Waals surface area (Å²) in [6, 6.07) is 1.92. The van der Waals surface area contributed by atoms with Crippen molar-refractivity contribution in [3.8, 4) is 0 Å². The van der Waals surface area contributed by atoms with Gasteiger partial charge in [-0.2, -0.15) is 0 Å². The number of hydrogen-bond acceptors (Lipinski definition) is 5. The lowest BCUT2D eigenvalue weighted by atomic mass is 10.1. The Hall–Kier alpha value is -1.40. The lowest BCUT2D eigenvalue weighted by molar-refractivity contribution is -0.119. The van der Waals surface area contributed by atoms with E-state index in [1.807, 2.05) is 6.92 Å². The molecule has 1 aliphatic rings. The zero-order chi connectivity index (χ0) is 15.4. The van der Waals surface area contributed by atoms with E-state index in [1.165, 1.54) is 11.3 Å². The molecule has 2 unspecified atom stereocenters. The Balaban J connectivity index is 2.12. The Morgan fingerprint density at radius 1 is 1.43 bits per heavy atom. The topological polar surface area (TPSA) is 81.4 Å². The van der Waals surface area contributed by atoms with E-state index >= 15 is 0 Å². The van der Waals surface area contributed by atoms with Gasteiger partial charge in [0.1, 0.15) is 5.00 Å². The molecule has 1 heterocycles. The van der Waals surface area contributed by atoms with Crippen LogP contribution >= 0.6 is 11.3 Å². The van der Waals surface area contributed by atoms with Crippen molar-refractivity contribution in [2.24, 2.45) is 11.7 Å². The number of aryl methyl sites for hydroxylation is 1. The molecular formula is C15H22N2O3S. The number of ether oxygens (including phenoxy) is 1. The third kappa shape index (κ3) is 3.83. The summed E-state index contributed by atoms with van der Waals surface area (Å²) in [7, 11) is 0. The van der Waals surface area contributed by atoms with E-state index < -0.39 is 0 Å². The van der Waals surface area contributed by atoms with Crippen molar-refractivity contribution in [2.75, 3.05) is 11.9 Å². The normalized spacial score (nSPS) is 21.3. The van der Waals surface area contributed by atoms with Gasteiger partial charge in [0.05, 0.1) is 12.2 Å². The number of carbonyl (C=O) groups excluding carboxylic acids is 2. The van der Waals surface area contributed by atoms with Crippen molar-refractivity contribution in [2.45, 2.75) is 45.6 Å². The third-order valence-corrected chi connectivity index (χ3v) is 4.90. The SMILES string of the molecule is CCOC(=O)c1cc(CC)sc1NC(=O)C1CCC(N)C1. The zero-order valence-corrected chi connectivity index (χ0v) is 13.3. The highest BCUT2D eigenvalue weighted by Crippen LogP contribution is 2.31. The summed E-state index contributed by atoms with van der Waals surface area (Å²) in [5.41, 5.74) is 6.30. The summed E-state index contributed by atoms with van der Waals surface area (Å²) in [4.78, 5) is 25.3. The van der Waals surface area contributed by atoms with Crippen LogP contribution in [0.5, 0.6) is 0 Å². The molecule has 21 heavy (non-hydrogen) atoms. The van der Waals surface area contributed by atoms with Crippen molar-refractivity contribution in [1.29, 1.82) is 0 Å². The minimum absolute atomic E-state index is 0.0435. The van der Waals surface area contributed by atoms with Gasteiger partial charge in [-0.1, -0.05) is 6.92 Å². The summed E-state index contributed by atoms with van der Waals surface area (Å²) in [6.45, 7) is 4.10. The molecule has 1 amide bonds. The number of amides is 1. The molecule has 1 aliphatic carbocycles. The maximum absolute atomic E-state index is 12.3. The number of nitrogens with two attached hydrogens (primary N) is 1. The van der Waals surface area contributed by atoms with Crippen molar-refractivity contribution < 1.29 is 14.3 Å². The first-order valence-electron chi connectivity index (χ1n) is 7.41. The minimum atomic E-state index is -0.383. The average Bonchev–Trinajstić information content (AvgIpc) is 3.05. The summed E-state index contributed by atoms with van der Waals surface area (Å²) >= 11 is 1.44. The molecule has 1 saturated carbocycles. The summed E-state index contributed by atoms with van der Waals surface area (Å²) < 4.78 is 5.05. The Kier molecular flexibility index (Phi) is 5.36. The minimum Gasteiger partial charge on any atom is -0.462 e. The highest BCUT2D eigenvalue weighted by molar-refractivity contribution is 7.16. The van der Waals surface area contributed by atoms with Gasteiger partial charge < -0.3 is 15.8 Å². The van der Waals surface area contributed by atoms with Gasteiger partial charge >= 0.3 is 5.97 Å². The van der Waals surface area contributed by atoms with Gasteiger partial charge in [-0.25, -0.2) is 4.79 Å². The molecule has 2 atom stereocenters. The maximum atomic E-state index is 12.3. The van der Waals surface area contributed by atoms with Crippen LogP contribution in [0.2, 0.25) is 0 Å². The molecule has 1 fully saturated rings. The molecule has 3 N–H and O–H groups in total. The second-order valence-corrected chi connectivity index (χ2v) is 6.43. The number of rotatable bonds is 5. The van der Waals surface area contributed by atoms with E-state index in [-0.39, 0.29) is 23.8 Å². The molecule has 0 aromatic carbocycles. The van der Waals surface area contributed by atoms with Crippen LogP contribution in [-0.2, 0) is 16.0 Å². The number of carbonyl (C=O) groups is 2. The van der Waals surface area contributed by atoms with Gasteiger partial charge in [0, 0.05) is 16.8 Å². The van der Waals surface area contributed by atoms with Crippen LogP contribution in [-0.4, -0.2) is 24.5 Å². The monoisotopic (exact) mass is 310 g/mol. The Labute approximate surface area is 128 Å². The number of hydrogen-bond donors (Lipinski definition) is 2. The molecule has 2 rings (SSSR count). The van der Waals surface area contributed by atoms with E-state index in [9.17, 15) is 9.59 Å². The zero-order valence-electron chi connectivity index (χ0n) is 12.5. The lowest BCUT2D eigenvalue weighted by Gasteiger charge is -2.10. The van der Waals surface area contributed by atoms with E-state index in [2.05, 4.69) is 5.32 Å². The fourth-order valence-electron chi connectivity index (χ4n) is 2.54. The van der Waals surface area contributed by atoms with E-state index in [0.717, 1.165) is 24.1 Å². The predicted molar refractivity (Wildman–Crippen MR) is 83.6 cm³/mol. The first-order chi connectivity index (χ1) is 10.0. The van der Waals surface area contributed by atoms with Crippen LogP contribution in [0, 0.1) is 5.92 Å². The van der Waals surface area contributed by atoms with Gasteiger partial charge in [-0.15, -0.1) is 11.3 Å². The molecular weight excluding hydrogens is 288 g/mol. The molecule has 0 aliphatic heterocycles. The second kappa shape index (κ2) is 7.04. The second-order valence-electron chi connectivity index (χ2n) is 5.29. The van der Waals surface area contributed by atoms with Crippen LogP contribution in [0.1, 0.15) is 48.3 Å². The smallest absolute Gasteiger partial charge is 0.341 e. The van der Waals surface area contributed by atoms with Crippen molar-refractivity contribution in [3.63, 3.8) is 0 Å². The van der Waals surface area contributed by atoms with Crippen LogP contribution in [0.15, 0.2) is 6.07 Å². The number of esters is 1. The van der Waals surface area contributed by atoms with Gasteiger partial charge in [0.2, 0.25) is 5.91 Å². The van der Waals surface area contributed by atoms with Gasteiger partial charge in [0.25, 0.3) is 0 Å². The Bertz CT molecular complexity index is 527. The van der Waals surface area contributed by atoms with E-state index in [0.29, 0.717) is 23.6 Å². The average molecular weight is 310 g/mol. The van der Waals surface area contributed by atoms with Gasteiger partial charge in [0.15, 0.2) is 0 Å². The first kappa shape index (κ1) is 16.0. The maximum Gasteiger partial charge on any atom is 0.341 e. The van der Waals surface area contributed by atoms with E-state index in [1.54, 1.807) is 13.0 Å².